The summed E-state index contributed by atoms with van der Waals surface area (Å²) in [6.07, 6.45) is 2.40. The molecule has 0 radical (unpaired) electrons. The number of aromatic hydroxyl groups is 4. The number of carbonyl (C=O) groups excluding carboxylic acids is 15. The van der Waals surface area contributed by atoms with Crippen molar-refractivity contribution in [1.29, 1.82) is 0 Å². The van der Waals surface area contributed by atoms with Crippen LogP contribution < -0.4 is 14.2 Å². The van der Waals surface area contributed by atoms with Gasteiger partial charge in [-0.1, -0.05) is 6.07 Å². The number of carboxylic acid groups (broad SMARTS) is 4. The molecule has 4 aromatic carbocycles. The molecule has 6 aliphatic heterocycles. The summed E-state index contributed by atoms with van der Waals surface area (Å²) in [5.74, 6) is -18.8. The Kier molecular flexibility index (Phi) is 25.1. The maximum absolute atomic E-state index is 11.1. The second-order valence-electron chi connectivity index (χ2n) is 17.7. The minimum Gasteiger partial charge on any atom is -0.508 e. The lowest BCUT2D eigenvalue weighted by molar-refractivity contribution is -0.158. The van der Waals surface area contributed by atoms with Gasteiger partial charge < -0.3 is 83.5 Å². The van der Waals surface area contributed by atoms with E-state index in [0.717, 1.165) is 42.5 Å². The summed E-state index contributed by atoms with van der Waals surface area (Å²) in [5.41, 5.74) is -0.178. The van der Waals surface area contributed by atoms with Gasteiger partial charge in [-0.15, -0.1) is 0 Å². The van der Waals surface area contributed by atoms with Gasteiger partial charge in [0.05, 0.1) is 83.4 Å². The van der Waals surface area contributed by atoms with Crippen molar-refractivity contribution >= 4 is 115 Å². The van der Waals surface area contributed by atoms with E-state index >= 15 is 0 Å². The van der Waals surface area contributed by atoms with Gasteiger partial charge in [0.15, 0.2) is 17.2 Å². The lowest BCUT2D eigenvalue weighted by atomic mass is 9.59. The Morgan fingerprint density at radius 3 is 1.11 bits per heavy atom. The average Bonchev–Trinajstić information content (AvgIpc) is 1.56. The minimum absolute atomic E-state index is 0.00704. The first-order chi connectivity index (χ1) is 42.9. The number of ether oxygens (including phenoxy) is 9. The van der Waals surface area contributed by atoms with E-state index in [9.17, 15) is 91.1 Å². The van der Waals surface area contributed by atoms with E-state index in [1.165, 1.54) is 48.5 Å². The number of aromatic carboxylic acids is 4. The Labute approximate surface area is 503 Å². The first kappa shape index (κ1) is 70.4. The molecule has 8 N–H and O–H groups in total. The van der Waals surface area contributed by atoms with Crippen LogP contribution in [0, 0.1) is 35.5 Å². The molecule has 6 fully saturated rings. The smallest absolute Gasteiger partial charge is 0.338 e. The van der Waals surface area contributed by atoms with Crippen LogP contribution in [0.1, 0.15) is 67.1 Å². The van der Waals surface area contributed by atoms with Gasteiger partial charge in [-0.2, -0.15) is 0 Å². The standard InChI is InChI=1S/C8H4O6.C8H6O6.C8H6O5.2C8H6O4.C7H6O5.C4H4O3.C4H2O3/c9-5-1-2(6(10)13-5)4-3(1)7(11)14-8(4)12;9-5-1-3(7(11)13-5)4-2-6(10)14-8(4)12;9-4-13-7-2-5(8(11)12)1-6(10)3-7;9-5-12-7-3-1-6(2-4-7)8(10)11;9-5-12-7-3-1-2-6(4-7)8(10)11;8-4-1-3(7(11)12)2-5(9)6(4)10;2*5-3-1-2-4(6)7-3/h1-4H;3-4H,1-2H2;1-4,10H,(H,11,12);2*1-5H,(H,10,11);1-2,8-10H,(H,11,12);1-2H2;1-2H. The quantitative estimate of drug-likeness (QED) is 0.0328. The van der Waals surface area contributed by atoms with Crippen LogP contribution in [0.2, 0.25) is 0 Å². The fourth-order valence-electron chi connectivity index (χ4n) is 7.77. The predicted molar refractivity (Wildman–Crippen MR) is 275 cm³/mol. The summed E-state index contributed by atoms with van der Waals surface area (Å²) in [4.78, 5) is 199. The summed E-state index contributed by atoms with van der Waals surface area (Å²) in [5, 5.41) is 69.5. The van der Waals surface area contributed by atoms with E-state index in [2.05, 4.69) is 42.6 Å². The van der Waals surface area contributed by atoms with Crippen molar-refractivity contribution in [2.75, 3.05) is 0 Å². The van der Waals surface area contributed by atoms with Gasteiger partial charge in [0.2, 0.25) is 0 Å². The highest BCUT2D eigenvalue weighted by Crippen LogP contribution is 2.55. The molecule has 0 aromatic heterocycles. The van der Waals surface area contributed by atoms with Crippen LogP contribution >= 0.6 is 0 Å². The summed E-state index contributed by atoms with van der Waals surface area (Å²) in [7, 11) is 0. The molecule has 91 heavy (non-hydrogen) atoms. The molecule has 4 aromatic rings. The van der Waals surface area contributed by atoms with Crippen molar-refractivity contribution in [2.24, 2.45) is 35.5 Å². The molecule has 36 nitrogen and oxygen atoms in total. The zero-order chi connectivity index (χ0) is 68.0. The normalized spacial score (nSPS) is 19.6. The number of cyclic esters (lactones) is 12. The second-order valence-corrected chi connectivity index (χ2v) is 17.7. The fourth-order valence-corrected chi connectivity index (χ4v) is 7.77. The molecule has 0 bridgehead atoms. The lowest BCUT2D eigenvalue weighted by Gasteiger charge is -2.33. The molecule has 36 heteroatoms. The largest absolute Gasteiger partial charge is 0.508 e. The monoisotopic (exact) mass is 1280 g/mol. The van der Waals surface area contributed by atoms with Crippen LogP contribution in [0.25, 0.3) is 0 Å². The zero-order valence-electron chi connectivity index (χ0n) is 45.2. The van der Waals surface area contributed by atoms with Gasteiger partial charge in [-0.05, 0) is 66.7 Å². The van der Waals surface area contributed by atoms with Crippen molar-refractivity contribution in [3.05, 3.63) is 113 Å². The number of hydrogen-bond acceptors (Lipinski definition) is 32. The molecule has 7 aliphatic rings. The number of phenols is 4. The molecule has 2 unspecified atom stereocenters. The minimum atomic E-state index is -1.29. The van der Waals surface area contributed by atoms with Gasteiger partial charge in [-0.3, -0.25) is 62.3 Å². The van der Waals surface area contributed by atoms with Crippen molar-refractivity contribution < 1.29 is 175 Å². The third-order valence-electron chi connectivity index (χ3n) is 11.8. The van der Waals surface area contributed by atoms with Crippen LogP contribution in [0.3, 0.4) is 0 Å². The van der Waals surface area contributed by atoms with Crippen LogP contribution in [0.15, 0.2) is 91.0 Å². The number of carbonyl (C=O) groups is 19. The van der Waals surface area contributed by atoms with Crippen LogP contribution in [-0.2, 0) is 100 Å². The van der Waals surface area contributed by atoms with Gasteiger partial charge in [0.1, 0.15) is 23.0 Å². The first-order valence-electron chi connectivity index (χ1n) is 24.6. The Hall–Kier alpha value is -13.1. The SMILES string of the molecule is O=C(O)c1cc(O)c(O)c(O)c1.O=C1C=CC(=O)O1.O=C1CC(C2CC(=O)OC2=O)C(=O)O1.O=C1CCC(=O)O1.O=C1OC(=O)C2C1C1C(=O)OC(=O)C21.O=COc1cc(O)cc(C(=O)O)c1.O=COc1ccc(C(=O)O)cc1.O=COc1cccc(C(=O)O)c1. The van der Waals surface area contributed by atoms with Gasteiger partial charge in [-0.25, -0.2) is 28.8 Å². The number of benzene rings is 4. The number of hydrogen-bond donors (Lipinski definition) is 8. The molecule has 5 saturated heterocycles. The molecular formula is C55H40O36. The van der Waals surface area contributed by atoms with Crippen LogP contribution in [-0.4, -0.2) is 156 Å². The van der Waals surface area contributed by atoms with E-state index < -0.39 is 148 Å². The van der Waals surface area contributed by atoms with Crippen molar-refractivity contribution in [1.82, 2.24) is 0 Å². The lowest BCUT2D eigenvalue weighted by Crippen LogP contribution is -2.50. The van der Waals surface area contributed by atoms with Gasteiger partial charge in [0, 0.05) is 18.2 Å². The summed E-state index contributed by atoms with van der Waals surface area (Å²) >= 11 is 0. The average molecular weight is 1280 g/mol. The maximum atomic E-state index is 11.1. The summed E-state index contributed by atoms with van der Waals surface area (Å²) < 4.78 is 38.6. The zero-order valence-corrected chi connectivity index (χ0v) is 45.2. The van der Waals surface area contributed by atoms with E-state index in [1.54, 1.807) is 0 Å². The van der Waals surface area contributed by atoms with Crippen molar-refractivity contribution in [2.45, 2.75) is 25.7 Å². The number of phenolic OH excluding ortho intramolecular Hbond substituents is 4. The summed E-state index contributed by atoms with van der Waals surface area (Å²) in [6, 6.07) is 16.3. The fraction of sp³-hybridized carbons (Fsp3) is 0.182. The Bertz CT molecular complexity index is 3470. The highest BCUT2D eigenvalue weighted by Gasteiger charge is 2.72. The van der Waals surface area contributed by atoms with E-state index in [4.69, 9.17) is 40.9 Å². The second kappa shape index (κ2) is 32.5. The van der Waals surface area contributed by atoms with Crippen molar-refractivity contribution in [3.8, 4) is 40.2 Å². The van der Waals surface area contributed by atoms with E-state index in [-0.39, 0.29) is 84.6 Å². The van der Waals surface area contributed by atoms with E-state index in [1.807, 2.05) is 0 Å². The highest BCUT2D eigenvalue weighted by atomic mass is 16.6. The van der Waals surface area contributed by atoms with Crippen LogP contribution in [0.5, 0.6) is 40.2 Å². The topological polar surface area (TPSA) is 569 Å². The maximum Gasteiger partial charge on any atom is 0.338 e. The Morgan fingerprint density at radius 2 is 0.769 bits per heavy atom. The number of fused-ring (bicyclic) bond motifs is 4. The van der Waals surface area contributed by atoms with Gasteiger partial charge in [0.25, 0.3) is 19.4 Å². The summed E-state index contributed by atoms with van der Waals surface area (Å²) in [6.45, 7) is 0.692. The van der Waals surface area contributed by atoms with E-state index in [0.29, 0.717) is 5.75 Å². The predicted octanol–water partition coefficient (Wildman–Crippen LogP) is 0.241. The Morgan fingerprint density at radius 1 is 0.385 bits per heavy atom. The molecule has 0 spiro atoms. The first-order valence-corrected chi connectivity index (χ1v) is 24.6. The molecule has 6 heterocycles. The molecule has 1 saturated carbocycles. The number of rotatable bonds is 11. The number of esters is 12. The third kappa shape index (κ3) is 20.3. The Balaban J connectivity index is 0.000000224. The molecule has 0 amide bonds. The van der Waals surface area contributed by atoms with Crippen molar-refractivity contribution in [3.63, 3.8) is 0 Å². The molecule has 11 rings (SSSR count). The van der Waals surface area contributed by atoms with Gasteiger partial charge >= 0.3 is 95.5 Å². The number of carboxylic acids is 4. The molecular weight excluding hydrogens is 1240 g/mol. The molecule has 476 valence electrons. The third-order valence-corrected chi connectivity index (χ3v) is 11.8. The molecule has 2 atom stereocenters. The highest BCUT2D eigenvalue weighted by molar-refractivity contribution is 6.10. The molecule has 1 aliphatic carbocycles. The van der Waals surface area contributed by atoms with Crippen LogP contribution in [0.4, 0.5) is 0 Å².